The Morgan fingerprint density at radius 2 is 2.30 bits per heavy atom. The maximum Gasteiger partial charge on any atom is 0.309 e. The molecule has 0 fully saturated rings. The molecule has 0 aromatic rings. The van der Waals surface area contributed by atoms with Crippen LogP contribution in [-0.4, -0.2) is 22.3 Å². The van der Waals surface area contributed by atoms with Gasteiger partial charge in [0.15, 0.2) is 0 Å². The lowest BCUT2D eigenvalue weighted by molar-refractivity contribution is -0.145. The zero-order chi connectivity index (χ0) is 8.15. The minimum Gasteiger partial charge on any atom is -0.481 e. The highest BCUT2D eigenvalue weighted by Crippen LogP contribution is 2.08. The average Bonchev–Trinajstić information content (AvgIpc) is 1.81. The number of rotatable bonds is 4. The molecule has 0 bridgehead atoms. The van der Waals surface area contributed by atoms with Gasteiger partial charge in [-0.05, 0) is 13.3 Å². The summed E-state index contributed by atoms with van der Waals surface area (Å²) in [5.74, 6) is -1.69. The third kappa shape index (κ3) is 2.64. The molecule has 10 heavy (non-hydrogen) atoms. The third-order valence-electron chi connectivity index (χ3n) is 1.32. The third-order valence-corrected chi connectivity index (χ3v) is 1.32. The van der Waals surface area contributed by atoms with Gasteiger partial charge in [0.25, 0.3) is 0 Å². The summed E-state index contributed by atoms with van der Waals surface area (Å²) in [6, 6.07) is 0. The highest BCUT2D eigenvalue weighted by molar-refractivity contribution is 5.70. The second-order valence-corrected chi connectivity index (χ2v) is 2.21. The van der Waals surface area contributed by atoms with Crippen molar-refractivity contribution in [2.24, 2.45) is 5.92 Å². The number of aliphatic hydroxyl groups is 1. The van der Waals surface area contributed by atoms with Crippen molar-refractivity contribution >= 4 is 5.97 Å². The fourth-order valence-corrected chi connectivity index (χ4v) is 0.684. The fourth-order valence-electron chi connectivity index (χ4n) is 0.684. The van der Waals surface area contributed by atoms with Gasteiger partial charge >= 0.3 is 5.97 Å². The van der Waals surface area contributed by atoms with Crippen molar-refractivity contribution in [1.29, 1.82) is 0 Å². The van der Waals surface area contributed by atoms with E-state index in [0.29, 0.717) is 6.42 Å². The van der Waals surface area contributed by atoms with E-state index in [1.807, 2.05) is 0 Å². The van der Waals surface area contributed by atoms with Gasteiger partial charge in [-0.25, -0.2) is 0 Å². The first kappa shape index (κ1) is 9.17. The van der Waals surface area contributed by atoms with Crippen LogP contribution in [0.3, 0.4) is 0 Å². The van der Waals surface area contributed by atoms with Gasteiger partial charge < -0.3 is 10.2 Å². The summed E-state index contributed by atoms with van der Waals surface area (Å²) < 4.78 is 0. The molecule has 0 aliphatic rings. The van der Waals surface area contributed by atoms with E-state index >= 15 is 0 Å². The van der Waals surface area contributed by atoms with Crippen LogP contribution in [0.25, 0.3) is 0 Å². The molecule has 3 nitrogen and oxygen atoms in total. The van der Waals surface area contributed by atoms with Crippen molar-refractivity contribution in [3.63, 3.8) is 0 Å². The fraction of sp³-hybridized carbons (Fsp3) is 0.571. The molecule has 58 valence electrons. The number of carboxylic acids is 1. The second-order valence-electron chi connectivity index (χ2n) is 2.21. The normalized spacial score (nSPS) is 15.8. The molecule has 0 unspecified atom stereocenters. The summed E-state index contributed by atoms with van der Waals surface area (Å²) >= 11 is 0. The summed E-state index contributed by atoms with van der Waals surface area (Å²) in [7, 11) is 0. The monoisotopic (exact) mass is 144 g/mol. The zero-order valence-corrected chi connectivity index (χ0v) is 5.95. The van der Waals surface area contributed by atoms with Crippen molar-refractivity contribution in [3.8, 4) is 0 Å². The minimum absolute atomic E-state index is 0.312. The van der Waals surface area contributed by atoms with Gasteiger partial charge in [-0.15, -0.1) is 6.58 Å². The van der Waals surface area contributed by atoms with Gasteiger partial charge in [0.1, 0.15) is 0 Å². The number of aliphatic carboxylic acids is 1. The predicted octanol–water partition coefficient (Wildman–Crippen LogP) is 0.644. The summed E-state index contributed by atoms with van der Waals surface area (Å²) in [6.07, 6.45) is 0.994. The maximum atomic E-state index is 10.3. The molecule has 0 rings (SSSR count). The lowest BCUT2D eigenvalue weighted by Crippen LogP contribution is -2.24. The van der Waals surface area contributed by atoms with Crippen LogP contribution in [0, 0.1) is 5.92 Å². The number of aliphatic hydroxyl groups excluding tert-OH is 1. The average molecular weight is 144 g/mol. The van der Waals surface area contributed by atoms with Crippen LogP contribution in [0.15, 0.2) is 12.7 Å². The maximum absolute atomic E-state index is 10.3. The van der Waals surface area contributed by atoms with Crippen LogP contribution in [-0.2, 0) is 4.79 Å². The standard InChI is InChI=1S/C7H12O3/c1-3-4-6(5(2)8)7(9)10/h3,5-6,8H,1,4H2,2H3,(H,9,10)/t5-,6-/m0/s1. The van der Waals surface area contributed by atoms with Gasteiger partial charge in [0, 0.05) is 0 Å². The van der Waals surface area contributed by atoms with Gasteiger partial charge in [-0.3, -0.25) is 4.79 Å². The lowest BCUT2D eigenvalue weighted by atomic mass is 10.0. The van der Waals surface area contributed by atoms with E-state index in [0.717, 1.165) is 0 Å². The molecule has 0 spiro atoms. The SMILES string of the molecule is C=CC[C@H](C(=O)O)[C@H](C)O. The number of allylic oxidation sites excluding steroid dienone is 1. The molecule has 0 aliphatic carbocycles. The van der Waals surface area contributed by atoms with Gasteiger partial charge in [0.05, 0.1) is 12.0 Å². The van der Waals surface area contributed by atoms with Gasteiger partial charge in [-0.1, -0.05) is 6.08 Å². The van der Waals surface area contributed by atoms with E-state index in [1.54, 1.807) is 0 Å². The largest absolute Gasteiger partial charge is 0.481 e. The van der Waals surface area contributed by atoms with E-state index in [2.05, 4.69) is 6.58 Å². The summed E-state index contributed by atoms with van der Waals surface area (Å²) in [6.45, 7) is 4.85. The summed E-state index contributed by atoms with van der Waals surface area (Å²) in [5.41, 5.74) is 0. The molecule has 0 saturated carbocycles. The molecule has 3 heteroatoms. The Bertz CT molecular complexity index is 129. The summed E-state index contributed by atoms with van der Waals surface area (Å²) in [5, 5.41) is 17.4. The Labute approximate surface area is 60.0 Å². The topological polar surface area (TPSA) is 57.5 Å². The Morgan fingerprint density at radius 3 is 2.40 bits per heavy atom. The molecule has 2 atom stereocenters. The van der Waals surface area contributed by atoms with Gasteiger partial charge in [0.2, 0.25) is 0 Å². The highest BCUT2D eigenvalue weighted by atomic mass is 16.4. The number of carbonyl (C=O) groups is 1. The molecule has 0 heterocycles. The summed E-state index contributed by atoms with van der Waals surface area (Å²) in [4.78, 5) is 10.3. The molecular weight excluding hydrogens is 132 g/mol. The molecule has 0 radical (unpaired) electrons. The first-order valence-corrected chi connectivity index (χ1v) is 3.11. The molecule has 0 amide bonds. The van der Waals surface area contributed by atoms with Crippen LogP contribution in [0.5, 0.6) is 0 Å². The van der Waals surface area contributed by atoms with Crippen molar-refractivity contribution in [2.75, 3.05) is 0 Å². The van der Waals surface area contributed by atoms with Crippen molar-refractivity contribution < 1.29 is 15.0 Å². The van der Waals surface area contributed by atoms with Crippen molar-refractivity contribution in [1.82, 2.24) is 0 Å². The van der Waals surface area contributed by atoms with Gasteiger partial charge in [-0.2, -0.15) is 0 Å². The van der Waals surface area contributed by atoms with E-state index in [-0.39, 0.29) is 0 Å². The van der Waals surface area contributed by atoms with Crippen LogP contribution >= 0.6 is 0 Å². The van der Waals surface area contributed by atoms with E-state index in [1.165, 1.54) is 13.0 Å². The van der Waals surface area contributed by atoms with E-state index < -0.39 is 18.0 Å². The number of carboxylic acid groups (broad SMARTS) is 1. The quantitative estimate of drug-likeness (QED) is 0.569. The molecule has 2 N–H and O–H groups in total. The van der Waals surface area contributed by atoms with Crippen molar-refractivity contribution in [2.45, 2.75) is 19.4 Å². The van der Waals surface area contributed by atoms with Crippen LogP contribution in [0.4, 0.5) is 0 Å². The first-order valence-electron chi connectivity index (χ1n) is 3.11. The number of hydrogen-bond donors (Lipinski definition) is 2. The zero-order valence-electron chi connectivity index (χ0n) is 5.95. The lowest BCUT2D eigenvalue weighted by Gasteiger charge is -2.11. The van der Waals surface area contributed by atoms with E-state index in [9.17, 15) is 4.79 Å². The highest BCUT2D eigenvalue weighted by Gasteiger charge is 2.20. The molecular formula is C7H12O3. The second kappa shape index (κ2) is 4.06. The first-order chi connectivity index (χ1) is 4.59. The molecule has 0 aromatic heterocycles. The van der Waals surface area contributed by atoms with Crippen LogP contribution in [0.1, 0.15) is 13.3 Å². The van der Waals surface area contributed by atoms with Crippen LogP contribution in [0.2, 0.25) is 0 Å². The molecule has 0 saturated heterocycles. The minimum atomic E-state index is -0.977. The molecule has 0 aliphatic heterocycles. The molecule has 0 aromatic carbocycles. The smallest absolute Gasteiger partial charge is 0.309 e. The number of hydrogen-bond acceptors (Lipinski definition) is 2. The Morgan fingerprint density at radius 1 is 1.80 bits per heavy atom. The van der Waals surface area contributed by atoms with E-state index in [4.69, 9.17) is 10.2 Å². The Hall–Kier alpha value is -0.830. The predicted molar refractivity (Wildman–Crippen MR) is 37.6 cm³/mol. The van der Waals surface area contributed by atoms with Crippen molar-refractivity contribution in [3.05, 3.63) is 12.7 Å². The Balaban J connectivity index is 3.97. The Kier molecular flexibility index (Phi) is 3.72. The van der Waals surface area contributed by atoms with Crippen LogP contribution < -0.4 is 0 Å².